The molecule has 1 aliphatic heterocycles. The Labute approximate surface area is 188 Å². The van der Waals surface area contributed by atoms with Crippen LogP contribution in [0.4, 0.5) is 11.4 Å². The summed E-state index contributed by atoms with van der Waals surface area (Å²) >= 11 is 0. The number of carbonyl (C=O) groups is 2. The molecule has 0 bridgehead atoms. The van der Waals surface area contributed by atoms with Crippen LogP contribution in [0.3, 0.4) is 0 Å². The molecule has 0 aromatic heterocycles. The molecule has 0 atom stereocenters. The molecule has 31 heavy (non-hydrogen) atoms. The molecule has 1 aliphatic rings. The molecule has 1 saturated heterocycles. The number of benzene rings is 1. The van der Waals surface area contributed by atoms with Crippen LogP contribution >= 0.6 is 0 Å². The first-order valence-corrected chi connectivity index (χ1v) is 12.1. The minimum atomic E-state index is -0.0623. The second kappa shape index (κ2) is 14.1. The molecule has 0 aliphatic carbocycles. The van der Waals surface area contributed by atoms with Gasteiger partial charge in [0.15, 0.2) is 0 Å². The van der Waals surface area contributed by atoms with Crippen LogP contribution < -0.4 is 15.5 Å². The summed E-state index contributed by atoms with van der Waals surface area (Å²) in [6, 6.07) is 5.75. The highest BCUT2D eigenvalue weighted by atomic mass is 16.2. The van der Waals surface area contributed by atoms with Crippen molar-refractivity contribution in [3.05, 3.63) is 23.8 Å². The van der Waals surface area contributed by atoms with E-state index in [1.54, 1.807) is 0 Å². The summed E-state index contributed by atoms with van der Waals surface area (Å²) in [5, 5.41) is 6.05. The van der Waals surface area contributed by atoms with Crippen molar-refractivity contribution in [2.24, 2.45) is 0 Å². The van der Waals surface area contributed by atoms with E-state index in [2.05, 4.69) is 27.4 Å². The zero-order valence-electron chi connectivity index (χ0n) is 19.8. The Balaban J connectivity index is 1.95. The maximum absolute atomic E-state index is 12.9. The summed E-state index contributed by atoms with van der Waals surface area (Å²) in [6.45, 7) is 5.74. The third-order valence-electron chi connectivity index (χ3n) is 5.80. The molecule has 6 heteroatoms. The van der Waals surface area contributed by atoms with E-state index in [4.69, 9.17) is 0 Å². The van der Waals surface area contributed by atoms with Gasteiger partial charge in [0, 0.05) is 37.4 Å². The van der Waals surface area contributed by atoms with Gasteiger partial charge in [0.05, 0.1) is 5.56 Å². The quantitative estimate of drug-likeness (QED) is 0.422. The van der Waals surface area contributed by atoms with Gasteiger partial charge in [0.2, 0.25) is 5.91 Å². The van der Waals surface area contributed by atoms with E-state index in [9.17, 15) is 9.59 Å². The largest absolute Gasteiger partial charge is 0.371 e. The Morgan fingerprint density at radius 3 is 2.42 bits per heavy atom. The molecular formula is C25H42N4O2. The fraction of sp³-hybridized carbons (Fsp3) is 0.680. The molecule has 2 rings (SSSR count). The fourth-order valence-electron chi connectivity index (χ4n) is 4.01. The molecular weight excluding hydrogens is 388 g/mol. The summed E-state index contributed by atoms with van der Waals surface area (Å²) < 4.78 is 0. The first-order valence-electron chi connectivity index (χ1n) is 12.1. The van der Waals surface area contributed by atoms with Crippen molar-refractivity contribution in [2.45, 2.75) is 71.1 Å². The summed E-state index contributed by atoms with van der Waals surface area (Å²) in [4.78, 5) is 29.7. The average molecular weight is 431 g/mol. The highest BCUT2D eigenvalue weighted by Gasteiger charge is 2.20. The second-order valence-electron chi connectivity index (χ2n) is 8.90. The van der Waals surface area contributed by atoms with Gasteiger partial charge in [-0.2, -0.15) is 0 Å². The van der Waals surface area contributed by atoms with Crippen LogP contribution in [0.5, 0.6) is 0 Å². The third kappa shape index (κ3) is 9.30. The Morgan fingerprint density at radius 1 is 1.00 bits per heavy atom. The van der Waals surface area contributed by atoms with Gasteiger partial charge < -0.3 is 20.4 Å². The average Bonchev–Trinajstić information content (AvgIpc) is 3.28. The van der Waals surface area contributed by atoms with E-state index in [0.29, 0.717) is 24.2 Å². The first kappa shape index (κ1) is 25.2. The summed E-state index contributed by atoms with van der Waals surface area (Å²) in [5.41, 5.74) is 2.33. The smallest absolute Gasteiger partial charge is 0.253 e. The number of amides is 2. The van der Waals surface area contributed by atoms with Crippen molar-refractivity contribution < 1.29 is 9.59 Å². The van der Waals surface area contributed by atoms with Crippen molar-refractivity contribution in [2.75, 3.05) is 50.5 Å². The standard InChI is InChI=1S/C25H42N4O2/c1-4-5-6-7-8-9-13-24(30)27-21-14-15-23(29-18-10-11-19-29)22(20-21)25(31)26-16-12-17-28(2)3/h14-15,20H,4-13,16-19H2,1-3H3,(H,26,31)(H,27,30). The first-order chi connectivity index (χ1) is 15.0. The minimum absolute atomic E-state index is 0.0294. The van der Waals surface area contributed by atoms with E-state index in [0.717, 1.165) is 57.4 Å². The zero-order chi connectivity index (χ0) is 22.5. The molecule has 1 aromatic rings. The Bertz CT molecular complexity index is 684. The maximum Gasteiger partial charge on any atom is 0.253 e. The fourth-order valence-corrected chi connectivity index (χ4v) is 4.01. The number of unbranched alkanes of at least 4 members (excludes halogenated alkanes) is 5. The van der Waals surface area contributed by atoms with Crippen LogP contribution in [0, 0.1) is 0 Å². The van der Waals surface area contributed by atoms with E-state index < -0.39 is 0 Å². The van der Waals surface area contributed by atoms with Crippen LogP contribution in [-0.2, 0) is 4.79 Å². The molecule has 0 unspecified atom stereocenters. The highest BCUT2D eigenvalue weighted by molar-refractivity contribution is 6.02. The number of nitrogens with zero attached hydrogens (tertiary/aromatic N) is 2. The molecule has 1 heterocycles. The van der Waals surface area contributed by atoms with Crippen molar-refractivity contribution in [1.29, 1.82) is 0 Å². The number of anilines is 2. The highest BCUT2D eigenvalue weighted by Crippen LogP contribution is 2.27. The van der Waals surface area contributed by atoms with Gasteiger partial charge in [-0.05, 0) is 64.5 Å². The molecule has 2 amide bonds. The lowest BCUT2D eigenvalue weighted by atomic mass is 10.1. The Kier molecular flexibility index (Phi) is 11.4. The monoisotopic (exact) mass is 430 g/mol. The van der Waals surface area contributed by atoms with E-state index in [1.807, 2.05) is 32.3 Å². The number of hydrogen-bond acceptors (Lipinski definition) is 4. The van der Waals surface area contributed by atoms with Crippen LogP contribution in [0.1, 0.15) is 81.5 Å². The van der Waals surface area contributed by atoms with Crippen molar-refractivity contribution in [1.82, 2.24) is 10.2 Å². The van der Waals surface area contributed by atoms with Gasteiger partial charge >= 0.3 is 0 Å². The summed E-state index contributed by atoms with van der Waals surface area (Å²) in [6.07, 6.45) is 10.7. The molecule has 0 spiro atoms. The van der Waals surface area contributed by atoms with Gasteiger partial charge in [0.25, 0.3) is 5.91 Å². The normalized spacial score (nSPS) is 13.6. The van der Waals surface area contributed by atoms with E-state index >= 15 is 0 Å². The minimum Gasteiger partial charge on any atom is -0.371 e. The lowest BCUT2D eigenvalue weighted by molar-refractivity contribution is -0.116. The van der Waals surface area contributed by atoms with Gasteiger partial charge in [-0.15, -0.1) is 0 Å². The van der Waals surface area contributed by atoms with Gasteiger partial charge in [-0.1, -0.05) is 39.0 Å². The molecule has 0 radical (unpaired) electrons. The van der Waals surface area contributed by atoms with Crippen molar-refractivity contribution in [3.8, 4) is 0 Å². The molecule has 174 valence electrons. The molecule has 2 N–H and O–H groups in total. The second-order valence-corrected chi connectivity index (χ2v) is 8.90. The van der Waals surface area contributed by atoms with E-state index in [1.165, 1.54) is 25.7 Å². The summed E-state index contributed by atoms with van der Waals surface area (Å²) in [7, 11) is 4.06. The number of rotatable bonds is 14. The predicted molar refractivity (Wildman–Crippen MR) is 130 cm³/mol. The number of nitrogens with one attached hydrogen (secondary N) is 2. The van der Waals surface area contributed by atoms with Crippen LogP contribution in [-0.4, -0.2) is 57.0 Å². The van der Waals surface area contributed by atoms with Crippen molar-refractivity contribution in [3.63, 3.8) is 0 Å². The zero-order valence-corrected chi connectivity index (χ0v) is 19.8. The summed E-state index contributed by atoms with van der Waals surface area (Å²) in [5.74, 6) is -0.0329. The van der Waals surface area contributed by atoms with Crippen LogP contribution in [0.2, 0.25) is 0 Å². The van der Waals surface area contributed by atoms with Gasteiger partial charge in [0.1, 0.15) is 0 Å². The molecule has 0 saturated carbocycles. The molecule has 1 aromatic carbocycles. The van der Waals surface area contributed by atoms with Gasteiger partial charge in [-0.25, -0.2) is 0 Å². The topological polar surface area (TPSA) is 64.7 Å². The van der Waals surface area contributed by atoms with Crippen LogP contribution in [0.25, 0.3) is 0 Å². The Hall–Kier alpha value is -2.08. The SMILES string of the molecule is CCCCCCCCC(=O)Nc1ccc(N2CCCC2)c(C(=O)NCCCN(C)C)c1. The Morgan fingerprint density at radius 2 is 1.71 bits per heavy atom. The number of hydrogen-bond donors (Lipinski definition) is 2. The molecule has 6 nitrogen and oxygen atoms in total. The number of carbonyl (C=O) groups excluding carboxylic acids is 2. The van der Waals surface area contributed by atoms with E-state index in [-0.39, 0.29) is 11.8 Å². The van der Waals surface area contributed by atoms with Crippen LogP contribution in [0.15, 0.2) is 18.2 Å². The lowest BCUT2D eigenvalue weighted by Crippen LogP contribution is -2.29. The lowest BCUT2D eigenvalue weighted by Gasteiger charge is -2.22. The third-order valence-corrected chi connectivity index (χ3v) is 5.80. The van der Waals surface area contributed by atoms with Crippen molar-refractivity contribution >= 4 is 23.2 Å². The van der Waals surface area contributed by atoms with Gasteiger partial charge in [-0.3, -0.25) is 9.59 Å². The maximum atomic E-state index is 12.9. The predicted octanol–water partition coefficient (Wildman–Crippen LogP) is 4.66. The molecule has 1 fully saturated rings.